The number of nitrogens with one attached hydrogen (secondary N) is 1. The molecule has 1 atom stereocenters. The third-order valence-corrected chi connectivity index (χ3v) is 4.17. The van der Waals surface area contributed by atoms with Crippen LogP contribution in [0.1, 0.15) is 31.5 Å². The number of fused-ring (bicyclic) bond motifs is 1. The number of nitrogens with zero attached hydrogens (tertiary/aromatic N) is 3. The van der Waals surface area contributed by atoms with Gasteiger partial charge in [0.25, 0.3) is 0 Å². The Morgan fingerprint density at radius 1 is 1.30 bits per heavy atom. The lowest BCUT2D eigenvalue weighted by Gasteiger charge is -2.25. The van der Waals surface area contributed by atoms with Gasteiger partial charge in [0.1, 0.15) is 12.1 Å². The van der Waals surface area contributed by atoms with Crippen molar-refractivity contribution in [3.8, 4) is 0 Å². The molecular weight excluding hydrogens is 252 g/mol. The quantitative estimate of drug-likeness (QED) is 0.906. The molecule has 1 fully saturated rings. The first-order chi connectivity index (χ1) is 9.74. The molecule has 110 valence electrons. The Morgan fingerprint density at radius 3 is 2.90 bits per heavy atom. The standard InChI is InChI=1S/C15H24N4O/c1-11(2)18-15-13-3-6-19(12-5-8-20-9-12)7-4-14(13)16-10-17-15/h10-12H,3-9H2,1-2H3,(H,16,17,18). The highest BCUT2D eigenvalue weighted by molar-refractivity contribution is 5.47. The summed E-state index contributed by atoms with van der Waals surface area (Å²) in [6.45, 7) is 8.26. The summed E-state index contributed by atoms with van der Waals surface area (Å²) in [5.41, 5.74) is 2.52. The second kappa shape index (κ2) is 6.06. The molecule has 0 aromatic carbocycles. The zero-order valence-electron chi connectivity index (χ0n) is 12.4. The molecule has 1 N–H and O–H groups in total. The Kier molecular flexibility index (Phi) is 4.17. The third kappa shape index (κ3) is 2.94. The first-order valence-electron chi connectivity index (χ1n) is 7.65. The average Bonchev–Trinajstić information content (AvgIpc) is 2.85. The van der Waals surface area contributed by atoms with Gasteiger partial charge in [0.15, 0.2) is 0 Å². The van der Waals surface area contributed by atoms with Gasteiger partial charge in [0.2, 0.25) is 0 Å². The van der Waals surface area contributed by atoms with E-state index in [4.69, 9.17) is 4.74 Å². The van der Waals surface area contributed by atoms with Crippen molar-refractivity contribution in [2.24, 2.45) is 0 Å². The molecule has 0 bridgehead atoms. The molecule has 0 aliphatic carbocycles. The Hall–Kier alpha value is -1.20. The van der Waals surface area contributed by atoms with Gasteiger partial charge in [-0.25, -0.2) is 9.97 Å². The van der Waals surface area contributed by atoms with E-state index in [2.05, 4.69) is 34.0 Å². The molecule has 3 rings (SSSR count). The summed E-state index contributed by atoms with van der Waals surface area (Å²) < 4.78 is 5.52. The van der Waals surface area contributed by atoms with Crippen molar-refractivity contribution in [2.45, 2.75) is 45.2 Å². The molecule has 1 aromatic rings. The Labute approximate surface area is 120 Å². The van der Waals surface area contributed by atoms with E-state index in [1.807, 2.05) is 0 Å². The average molecular weight is 276 g/mol. The van der Waals surface area contributed by atoms with E-state index in [1.165, 1.54) is 17.7 Å². The van der Waals surface area contributed by atoms with Crippen molar-refractivity contribution < 1.29 is 4.74 Å². The zero-order chi connectivity index (χ0) is 13.9. The molecule has 0 radical (unpaired) electrons. The number of aromatic nitrogens is 2. The van der Waals surface area contributed by atoms with Gasteiger partial charge in [0, 0.05) is 43.8 Å². The molecule has 2 aliphatic rings. The van der Waals surface area contributed by atoms with Crippen LogP contribution in [-0.2, 0) is 17.6 Å². The molecule has 0 amide bonds. The van der Waals surface area contributed by atoms with Crippen LogP contribution >= 0.6 is 0 Å². The first-order valence-corrected chi connectivity index (χ1v) is 7.65. The minimum absolute atomic E-state index is 0.400. The minimum Gasteiger partial charge on any atom is -0.380 e. The lowest BCUT2D eigenvalue weighted by atomic mass is 10.1. The molecule has 3 heterocycles. The molecule has 0 spiro atoms. The van der Waals surface area contributed by atoms with Gasteiger partial charge < -0.3 is 10.1 Å². The topological polar surface area (TPSA) is 50.3 Å². The second-order valence-electron chi connectivity index (χ2n) is 6.00. The predicted octanol–water partition coefficient (Wildman–Crippen LogP) is 1.49. The molecule has 1 saturated heterocycles. The van der Waals surface area contributed by atoms with Gasteiger partial charge >= 0.3 is 0 Å². The van der Waals surface area contributed by atoms with Crippen molar-refractivity contribution in [3.63, 3.8) is 0 Å². The van der Waals surface area contributed by atoms with E-state index in [0.29, 0.717) is 12.1 Å². The molecule has 5 nitrogen and oxygen atoms in total. The maximum absolute atomic E-state index is 5.52. The Bertz CT molecular complexity index is 457. The van der Waals surface area contributed by atoms with Crippen molar-refractivity contribution in [1.29, 1.82) is 0 Å². The maximum Gasteiger partial charge on any atom is 0.133 e. The summed E-state index contributed by atoms with van der Waals surface area (Å²) >= 11 is 0. The predicted molar refractivity (Wildman–Crippen MR) is 79.0 cm³/mol. The molecule has 5 heteroatoms. The van der Waals surface area contributed by atoms with E-state index in [1.54, 1.807) is 6.33 Å². The van der Waals surface area contributed by atoms with E-state index in [9.17, 15) is 0 Å². The normalized spacial score (nSPS) is 23.6. The summed E-state index contributed by atoms with van der Waals surface area (Å²) in [7, 11) is 0. The summed E-state index contributed by atoms with van der Waals surface area (Å²) in [6, 6.07) is 0.996. The van der Waals surface area contributed by atoms with E-state index < -0.39 is 0 Å². The third-order valence-electron chi connectivity index (χ3n) is 4.17. The summed E-state index contributed by atoms with van der Waals surface area (Å²) in [5, 5.41) is 3.45. The monoisotopic (exact) mass is 276 g/mol. The largest absolute Gasteiger partial charge is 0.380 e. The number of rotatable bonds is 3. The highest BCUT2D eigenvalue weighted by Crippen LogP contribution is 2.23. The van der Waals surface area contributed by atoms with Crippen LogP contribution in [0.25, 0.3) is 0 Å². The number of hydrogen-bond donors (Lipinski definition) is 1. The van der Waals surface area contributed by atoms with Crippen molar-refractivity contribution in [3.05, 3.63) is 17.6 Å². The van der Waals surface area contributed by atoms with E-state index in [-0.39, 0.29) is 0 Å². The second-order valence-corrected chi connectivity index (χ2v) is 6.00. The van der Waals surface area contributed by atoms with E-state index in [0.717, 1.165) is 45.0 Å². The van der Waals surface area contributed by atoms with Crippen LogP contribution in [0.2, 0.25) is 0 Å². The molecule has 1 unspecified atom stereocenters. The van der Waals surface area contributed by atoms with Crippen molar-refractivity contribution in [1.82, 2.24) is 14.9 Å². The van der Waals surface area contributed by atoms with E-state index >= 15 is 0 Å². The minimum atomic E-state index is 0.400. The van der Waals surface area contributed by atoms with Crippen LogP contribution in [0.15, 0.2) is 6.33 Å². The van der Waals surface area contributed by atoms with Gasteiger partial charge in [-0.2, -0.15) is 0 Å². The van der Waals surface area contributed by atoms with Gasteiger partial charge in [0.05, 0.1) is 12.3 Å². The van der Waals surface area contributed by atoms with Crippen LogP contribution in [0.4, 0.5) is 5.82 Å². The van der Waals surface area contributed by atoms with Crippen LogP contribution in [-0.4, -0.2) is 53.3 Å². The fraction of sp³-hybridized carbons (Fsp3) is 0.733. The molecule has 20 heavy (non-hydrogen) atoms. The van der Waals surface area contributed by atoms with Crippen LogP contribution in [0.5, 0.6) is 0 Å². The lowest BCUT2D eigenvalue weighted by molar-refractivity contribution is 0.147. The molecule has 1 aromatic heterocycles. The van der Waals surface area contributed by atoms with Gasteiger partial charge in [-0.15, -0.1) is 0 Å². The highest BCUT2D eigenvalue weighted by Gasteiger charge is 2.26. The van der Waals surface area contributed by atoms with Crippen LogP contribution < -0.4 is 5.32 Å². The first kappa shape index (κ1) is 13.8. The fourth-order valence-electron chi connectivity index (χ4n) is 3.12. The molecular formula is C15H24N4O. The zero-order valence-corrected chi connectivity index (χ0v) is 12.4. The SMILES string of the molecule is CC(C)Nc1ncnc2c1CCN(C1CCOC1)CC2. The van der Waals surface area contributed by atoms with Gasteiger partial charge in [-0.3, -0.25) is 4.90 Å². The Morgan fingerprint density at radius 2 is 2.15 bits per heavy atom. The van der Waals surface area contributed by atoms with Crippen molar-refractivity contribution >= 4 is 5.82 Å². The Balaban J connectivity index is 1.75. The van der Waals surface area contributed by atoms with Gasteiger partial charge in [-0.1, -0.05) is 0 Å². The summed E-state index contributed by atoms with van der Waals surface area (Å²) in [5.74, 6) is 1.02. The van der Waals surface area contributed by atoms with Crippen molar-refractivity contribution in [2.75, 3.05) is 31.6 Å². The number of anilines is 1. The lowest BCUT2D eigenvalue weighted by Crippen LogP contribution is -2.37. The van der Waals surface area contributed by atoms with Crippen LogP contribution in [0.3, 0.4) is 0 Å². The molecule has 0 saturated carbocycles. The number of ether oxygens (including phenoxy) is 1. The number of hydrogen-bond acceptors (Lipinski definition) is 5. The summed E-state index contributed by atoms with van der Waals surface area (Å²) in [4.78, 5) is 11.5. The smallest absolute Gasteiger partial charge is 0.133 e. The highest BCUT2D eigenvalue weighted by atomic mass is 16.5. The summed E-state index contributed by atoms with van der Waals surface area (Å²) in [6.07, 6.45) is 4.90. The maximum atomic E-state index is 5.52. The van der Waals surface area contributed by atoms with Crippen LogP contribution in [0, 0.1) is 0 Å². The molecule has 2 aliphatic heterocycles. The van der Waals surface area contributed by atoms with Gasteiger partial charge in [-0.05, 0) is 26.7 Å². The fourth-order valence-corrected chi connectivity index (χ4v) is 3.12.